The summed E-state index contributed by atoms with van der Waals surface area (Å²) in [4.78, 5) is 0. The number of nitrogens with one attached hydrogen (secondary N) is 1. The topological polar surface area (TPSA) is 63.2 Å². The second-order valence-corrected chi connectivity index (χ2v) is 5.83. The van der Waals surface area contributed by atoms with Crippen molar-refractivity contribution in [3.8, 4) is 0 Å². The van der Waals surface area contributed by atoms with Gasteiger partial charge in [0.2, 0.25) is 0 Å². The minimum atomic E-state index is -1.01. The molecule has 2 N–H and O–H groups in total. The molecule has 0 spiro atoms. The second kappa shape index (κ2) is 5.90. The maximum atomic E-state index is 10.3. The Morgan fingerprint density at radius 1 is 1.63 bits per heavy atom. The Bertz CT molecular complexity index is 508. The van der Waals surface area contributed by atoms with Gasteiger partial charge in [-0.05, 0) is 41.9 Å². The standard InChI is InChI=1S/C13H18BrN3O2/c1-10(7-17-8-11(14)6-16-17)15-9-13(2,18)12-4-3-5-19-12/h3-6,8,10,15,18H,7,9H2,1-2H3/t10-,13-/m1/s1. The molecule has 0 aliphatic carbocycles. The van der Waals surface area contributed by atoms with Crippen LogP contribution in [0.3, 0.4) is 0 Å². The van der Waals surface area contributed by atoms with Gasteiger partial charge in [-0.15, -0.1) is 0 Å². The van der Waals surface area contributed by atoms with Crippen LogP contribution in [0.2, 0.25) is 0 Å². The van der Waals surface area contributed by atoms with Crippen molar-refractivity contribution in [3.63, 3.8) is 0 Å². The first-order chi connectivity index (χ1) is 8.97. The fourth-order valence-corrected chi connectivity index (χ4v) is 2.16. The van der Waals surface area contributed by atoms with E-state index >= 15 is 0 Å². The Balaban J connectivity index is 1.85. The molecule has 2 aromatic rings. The third-order valence-electron chi connectivity index (χ3n) is 2.91. The van der Waals surface area contributed by atoms with Crippen molar-refractivity contribution >= 4 is 15.9 Å². The maximum Gasteiger partial charge on any atom is 0.136 e. The number of rotatable bonds is 6. The minimum absolute atomic E-state index is 0.188. The van der Waals surface area contributed by atoms with Gasteiger partial charge < -0.3 is 14.8 Å². The van der Waals surface area contributed by atoms with E-state index in [4.69, 9.17) is 4.42 Å². The van der Waals surface area contributed by atoms with Crippen molar-refractivity contribution in [1.29, 1.82) is 0 Å². The molecule has 0 saturated carbocycles. The third-order valence-corrected chi connectivity index (χ3v) is 3.32. The predicted molar refractivity (Wildman–Crippen MR) is 75.7 cm³/mol. The maximum absolute atomic E-state index is 10.3. The van der Waals surface area contributed by atoms with Gasteiger partial charge in [-0.3, -0.25) is 4.68 Å². The Morgan fingerprint density at radius 3 is 3.00 bits per heavy atom. The molecule has 2 atom stereocenters. The molecule has 0 aromatic carbocycles. The van der Waals surface area contributed by atoms with Crippen molar-refractivity contribution in [2.24, 2.45) is 0 Å². The van der Waals surface area contributed by atoms with E-state index in [9.17, 15) is 5.11 Å². The monoisotopic (exact) mass is 327 g/mol. The molecule has 19 heavy (non-hydrogen) atoms. The summed E-state index contributed by atoms with van der Waals surface area (Å²) in [5.41, 5.74) is -1.01. The third kappa shape index (κ3) is 3.92. The lowest BCUT2D eigenvalue weighted by Crippen LogP contribution is -2.41. The molecule has 0 aliphatic heterocycles. The zero-order valence-corrected chi connectivity index (χ0v) is 12.6. The van der Waals surface area contributed by atoms with Crippen LogP contribution < -0.4 is 5.32 Å². The fraction of sp³-hybridized carbons (Fsp3) is 0.462. The van der Waals surface area contributed by atoms with E-state index in [-0.39, 0.29) is 6.04 Å². The average molecular weight is 328 g/mol. The minimum Gasteiger partial charge on any atom is -0.466 e. The molecule has 0 bridgehead atoms. The van der Waals surface area contributed by atoms with Crippen LogP contribution in [0.25, 0.3) is 0 Å². The van der Waals surface area contributed by atoms with Gasteiger partial charge in [-0.1, -0.05) is 0 Å². The summed E-state index contributed by atoms with van der Waals surface area (Å²) in [5, 5.41) is 17.8. The van der Waals surface area contributed by atoms with Gasteiger partial charge in [0.05, 0.1) is 23.5 Å². The molecule has 0 aliphatic rings. The van der Waals surface area contributed by atoms with Crippen LogP contribution in [0.15, 0.2) is 39.7 Å². The van der Waals surface area contributed by atoms with Crippen LogP contribution in [-0.2, 0) is 12.1 Å². The summed E-state index contributed by atoms with van der Waals surface area (Å²) in [6, 6.07) is 3.74. The van der Waals surface area contributed by atoms with Crippen LogP contribution in [-0.4, -0.2) is 27.5 Å². The average Bonchev–Trinajstić information content (AvgIpc) is 2.98. The number of aromatic nitrogens is 2. The highest BCUT2D eigenvalue weighted by Crippen LogP contribution is 2.20. The number of hydrogen-bond acceptors (Lipinski definition) is 4. The molecule has 6 heteroatoms. The summed E-state index contributed by atoms with van der Waals surface area (Å²) in [5.74, 6) is 0.564. The lowest BCUT2D eigenvalue weighted by Gasteiger charge is -2.24. The SMILES string of the molecule is C[C@H](Cn1cc(Br)cn1)NC[C@@](C)(O)c1ccco1. The summed E-state index contributed by atoms with van der Waals surface area (Å²) >= 11 is 3.36. The Morgan fingerprint density at radius 2 is 2.42 bits per heavy atom. The summed E-state index contributed by atoms with van der Waals surface area (Å²) < 4.78 is 8.05. The normalized spacial score (nSPS) is 16.2. The highest BCUT2D eigenvalue weighted by molar-refractivity contribution is 9.10. The van der Waals surface area contributed by atoms with E-state index < -0.39 is 5.60 Å². The summed E-state index contributed by atoms with van der Waals surface area (Å²) in [7, 11) is 0. The number of halogens is 1. The van der Waals surface area contributed by atoms with Gasteiger partial charge in [0, 0.05) is 18.8 Å². The smallest absolute Gasteiger partial charge is 0.136 e. The van der Waals surface area contributed by atoms with Crippen LogP contribution in [0.1, 0.15) is 19.6 Å². The van der Waals surface area contributed by atoms with Crippen molar-refractivity contribution in [2.45, 2.75) is 32.0 Å². The largest absolute Gasteiger partial charge is 0.466 e. The van der Waals surface area contributed by atoms with Crippen molar-refractivity contribution in [2.75, 3.05) is 6.54 Å². The van der Waals surface area contributed by atoms with Gasteiger partial charge in [-0.25, -0.2) is 0 Å². The highest BCUT2D eigenvalue weighted by Gasteiger charge is 2.26. The molecule has 2 rings (SSSR count). The Labute approximate surface area is 120 Å². The molecule has 0 saturated heterocycles. The van der Waals surface area contributed by atoms with Crippen molar-refractivity contribution in [1.82, 2.24) is 15.1 Å². The molecule has 0 unspecified atom stereocenters. The summed E-state index contributed by atoms with van der Waals surface area (Å²) in [6.07, 6.45) is 5.24. The van der Waals surface area contributed by atoms with E-state index in [0.717, 1.165) is 11.0 Å². The molecule has 2 heterocycles. The van der Waals surface area contributed by atoms with Gasteiger partial charge >= 0.3 is 0 Å². The number of furan rings is 1. The second-order valence-electron chi connectivity index (χ2n) is 4.91. The number of hydrogen-bond donors (Lipinski definition) is 2. The molecule has 104 valence electrons. The summed E-state index contributed by atoms with van der Waals surface area (Å²) in [6.45, 7) is 4.94. The molecule has 2 aromatic heterocycles. The fourth-order valence-electron chi connectivity index (χ4n) is 1.83. The van der Waals surface area contributed by atoms with E-state index in [2.05, 4.69) is 26.3 Å². The van der Waals surface area contributed by atoms with Gasteiger partial charge in [-0.2, -0.15) is 5.10 Å². The van der Waals surface area contributed by atoms with Crippen LogP contribution in [0, 0.1) is 0 Å². The predicted octanol–water partition coefficient (Wildman–Crippen LogP) is 2.12. The van der Waals surface area contributed by atoms with Gasteiger partial charge in [0.1, 0.15) is 11.4 Å². The molecule has 0 amide bonds. The number of nitrogens with zero attached hydrogens (tertiary/aromatic N) is 2. The van der Waals surface area contributed by atoms with Crippen molar-refractivity contribution in [3.05, 3.63) is 41.0 Å². The first-order valence-corrected chi connectivity index (χ1v) is 6.94. The Kier molecular flexibility index (Phi) is 4.44. The van der Waals surface area contributed by atoms with Gasteiger partial charge in [0.25, 0.3) is 0 Å². The molecular weight excluding hydrogens is 310 g/mol. The van der Waals surface area contributed by atoms with E-state index in [1.807, 2.05) is 17.8 Å². The Hall–Kier alpha value is -1.11. The first-order valence-electron chi connectivity index (χ1n) is 6.15. The van der Waals surface area contributed by atoms with E-state index in [0.29, 0.717) is 12.3 Å². The molecular formula is C13H18BrN3O2. The van der Waals surface area contributed by atoms with Crippen molar-refractivity contribution < 1.29 is 9.52 Å². The zero-order chi connectivity index (χ0) is 13.9. The lowest BCUT2D eigenvalue weighted by molar-refractivity contribution is 0.0315. The molecule has 5 nitrogen and oxygen atoms in total. The first kappa shape index (κ1) is 14.3. The molecule has 0 fully saturated rings. The van der Waals surface area contributed by atoms with Gasteiger partial charge in [0.15, 0.2) is 0 Å². The van der Waals surface area contributed by atoms with Crippen LogP contribution in [0.4, 0.5) is 0 Å². The van der Waals surface area contributed by atoms with Crippen LogP contribution >= 0.6 is 15.9 Å². The lowest BCUT2D eigenvalue weighted by atomic mass is 10.0. The zero-order valence-electron chi connectivity index (χ0n) is 11.0. The van der Waals surface area contributed by atoms with E-state index in [1.165, 1.54) is 0 Å². The van der Waals surface area contributed by atoms with E-state index in [1.54, 1.807) is 31.5 Å². The van der Waals surface area contributed by atoms with Crippen LogP contribution in [0.5, 0.6) is 0 Å². The highest BCUT2D eigenvalue weighted by atomic mass is 79.9. The number of aliphatic hydroxyl groups is 1. The quantitative estimate of drug-likeness (QED) is 0.853. The molecule has 0 radical (unpaired) electrons.